The molecular weight excluding hydrogens is 286 g/mol. The van der Waals surface area contributed by atoms with Gasteiger partial charge in [0.25, 0.3) is 5.91 Å². The van der Waals surface area contributed by atoms with Gasteiger partial charge >= 0.3 is 0 Å². The summed E-state index contributed by atoms with van der Waals surface area (Å²) >= 11 is 1.50. The smallest absolute Gasteiger partial charge is 0.273 e. The Bertz CT molecular complexity index is 639. The molecule has 0 aliphatic carbocycles. The van der Waals surface area contributed by atoms with E-state index in [1.165, 1.54) is 11.3 Å². The molecule has 6 heteroatoms. The molecule has 0 saturated carbocycles. The highest BCUT2D eigenvalue weighted by Gasteiger charge is 2.29. The van der Waals surface area contributed by atoms with Crippen molar-refractivity contribution in [2.24, 2.45) is 0 Å². The van der Waals surface area contributed by atoms with Crippen LogP contribution in [0.1, 0.15) is 27.5 Å². The average Bonchev–Trinajstić information content (AvgIpc) is 3.10. The van der Waals surface area contributed by atoms with Crippen molar-refractivity contribution in [3.8, 4) is 5.88 Å². The number of pyridine rings is 1. The molecule has 1 aliphatic heterocycles. The van der Waals surface area contributed by atoms with E-state index in [9.17, 15) is 4.79 Å². The Labute approximate surface area is 127 Å². The fourth-order valence-corrected chi connectivity index (χ4v) is 2.91. The van der Waals surface area contributed by atoms with Gasteiger partial charge in [0.1, 0.15) is 11.8 Å². The second kappa shape index (κ2) is 5.81. The summed E-state index contributed by atoms with van der Waals surface area (Å²) in [5.74, 6) is 0.603. The van der Waals surface area contributed by atoms with Gasteiger partial charge in [0.2, 0.25) is 5.88 Å². The number of thiazole rings is 1. The summed E-state index contributed by atoms with van der Waals surface area (Å²) in [4.78, 5) is 22.6. The molecule has 0 N–H and O–H groups in total. The van der Waals surface area contributed by atoms with Gasteiger partial charge in [0.15, 0.2) is 0 Å². The number of carbonyl (C=O) groups excluding carboxylic acids is 1. The van der Waals surface area contributed by atoms with Crippen molar-refractivity contribution >= 4 is 17.2 Å². The molecule has 0 radical (unpaired) electrons. The lowest BCUT2D eigenvalue weighted by Crippen LogP contribution is -2.31. The first-order valence-electron chi connectivity index (χ1n) is 6.92. The number of aryl methyl sites for hydroxylation is 2. The van der Waals surface area contributed by atoms with Gasteiger partial charge in [-0.1, -0.05) is 6.07 Å². The molecule has 0 spiro atoms. The van der Waals surface area contributed by atoms with Crippen LogP contribution in [0.15, 0.2) is 23.7 Å². The highest BCUT2D eigenvalue weighted by molar-refractivity contribution is 7.09. The minimum atomic E-state index is -0.0117. The molecule has 1 amide bonds. The standard InChI is InChI=1S/C15H17N3O2S/c1-10-3-4-14(16-7-10)20-12-5-6-18(8-12)15(19)13-9-21-11(2)17-13/h3-4,7,9,12H,5-6,8H2,1-2H3/t12-/m1/s1. The van der Waals surface area contributed by atoms with E-state index in [-0.39, 0.29) is 12.0 Å². The van der Waals surface area contributed by atoms with Gasteiger partial charge < -0.3 is 9.64 Å². The molecule has 2 aromatic heterocycles. The highest BCUT2D eigenvalue weighted by Crippen LogP contribution is 2.19. The third-order valence-corrected chi connectivity index (χ3v) is 4.22. The normalized spacial score (nSPS) is 18.0. The topological polar surface area (TPSA) is 55.3 Å². The lowest BCUT2D eigenvalue weighted by atomic mass is 10.3. The molecule has 2 aromatic rings. The molecule has 3 heterocycles. The number of ether oxygens (including phenoxy) is 1. The summed E-state index contributed by atoms with van der Waals surface area (Å²) in [6, 6.07) is 3.84. The zero-order valence-corrected chi connectivity index (χ0v) is 12.9. The maximum Gasteiger partial charge on any atom is 0.273 e. The van der Waals surface area contributed by atoms with Crippen LogP contribution < -0.4 is 4.74 Å². The Balaban J connectivity index is 1.60. The Morgan fingerprint density at radius 2 is 2.29 bits per heavy atom. The fraction of sp³-hybridized carbons (Fsp3) is 0.400. The zero-order chi connectivity index (χ0) is 14.8. The van der Waals surface area contributed by atoms with Crippen molar-refractivity contribution in [2.75, 3.05) is 13.1 Å². The fourth-order valence-electron chi connectivity index (χ4n) is 2.33. The Kier molecular flexibility index (Phi) is 3.88. The molecule has 1 fully saturated rings. The average molecular weight is 303 g/mol. The third-order valence-electron chi connectivity index (χ3n) is 3.44. The van der Waals surface area contributed by atoms with Crippen LogP contribution >= 0.6 is 11.3 Å². The molecule has 110 valence electrons. The summed E-state index contributed by atoms with van der Waals surface area (Å²) in [5.41, 5.74) is 1.64. The van der Waals surface area contributed by atoms with E-state index in [0.717, 1.165) is 17.0 Å². The van der Waals surface area contributed by atoms with Crippen LogP contribution in [0, 0.1) is 13.8 Å². The number of aromatic nitrogens is 2. The van der Waals surface area contributed by atoms with Crippen molar-refractivity contribution in [3.05, 3.63) is 40.0 Å². The van der Waals surface area contributed by atoms with Crippen LogP contribution in [0.3, 0.4) is 0 Å². The molecule has 1 saturated heterocycles. The second-order valence-corrected chi connectivity index (χ2v) is 6.27. The molecule has 3 rings (SSSR count). The molecule has 5 nitrogen and oxygen atoms in total. The van der Waals surface area contributed by atoms with E-state index >= 15 is 0 Å². The van der Waals surface area contributed by atoms with Crippen LogP contribution in [0.25, 0.3) is 0 Å². The van der Waals surface area contributed by atoms with Gasteiger partial charge in [0, 0.05) is 30.6 Å². The zero-order valence-electron chi connectivity index (χ0n) is 12.1. The van der Waals surface area contributed by atoms with Crippen molar-refractivity contribution in [3.63, 3.8) is 0 Å². The predicted octanol–water partition coefficient (Wildman–Crippen LogP) is 2.45. The number of likely N-dealkylation sites (tertiary alicyclic amines) is 1. The number of hydrogen-bond donors (Lipinski definition) is 0. The van der Waals surface area contributed by atoms with Crippen LogP contribution in [-0.4, -0.2) is 40.0 Å². The predicted molar refractivity (Wildman–Crippen MR) is 80.8 cm³/mol. The van der Waals surface area contributed by atoms with Crippen LogP contribution in [-0.2, 0) is 0 Å². The quantitative estimate of drug-likeness (QED) is 0.874. The maximum atomic E-state index is 12.3. The SMILES string of the molecule is Cc1ccc(O[C@@H]2CCN(C(=O)c3csc(C)n3)C2)nc1. The first-order valence-corrected chi connectivity index (χ1v) is 7.80. The molecule has 1 aliphatic rings. The van der Waals surface area contributed by atoms with Gasteiger partial charge in [-0.05, 0) is 19.4 Å². The summed E-state index contributed by atoms with van der Waals surface area (Å²) in [6.45, 7) is 5.18. The Morgan fingerprint density at radius 3 is 2.95 bits per heavy atom. The second-order valence-electron chi connectivity index (χ2n) is 5.21. The van der Waals surface area contributed by atoms with E-state index in [1.807, 2.05) is 31.4 Å². The van der Waals surface area contributed by atoms with Crippen LogP contribution in [0.2, 0.25) is 0 Å². The van der Waals surface area contributed by atoms with Gasteiger partial charge in [-0.15, -0.1) is 11.3 Å². The number of hydrogen-bond acceptors (Lipinski definition) is 5. The summed E-state index contributed by atoms with van der Waals surface area (Å²) in [7, 11) is 0. The molecular formula is C15H17N3O2S. The number of rotatable bonds is 3. The van der Waals surface area contributed by atoms with Crippen molar-refractivity contribution in [1.29, 1.82) is 0 Å². The van der Waals surface area contributed by atoms with E-state index in [4.69, 9.17) is 4.74 Å². The molecule has 0 aromatic carbocycles. The largest absolute Gasteiger partial charge is 0.472 e. The molecule has 21 heavy (non-hydrogen) atoms. The van der Waals surface area contributed by atoms with Gasteiger partial charge in [-0.3, -0.25) is 4.79 Å². The van der Waals surface area contributed by atoms with Crippen molar-refractivity contribution in [1.82, 2.24) is 14.9 Å². The minimum Gasteiger partial charge on any atom is -0.472 e. The van der Waals surface area contributed by atoms with Crippen molar-refractivity contribution < 1.29 is 9.53 Å². The van der Waals surface area contributed by atoms with Gasteiger partial charge in [-0.25, -0.2) is 9.97 Å². The van der Waals surface area contributed by atoms with E-state index < -0.39 is 0 Å². The van der Waals surface area contributed by atoms with Gasteiger partial charge in [-0.2, -0.15) is 0 Å². The monoisotopic (exact) mass is 303 g/mol. The van der Waals surface area contributed by atoms with Crippen molar-refractivity contribution in [2.45, 2.75) is 26.4 Å². The number of nitrogens with zero attached hydrogens (tertiary/aromatic N) is 3. The third kappa shape index (κ3) is 3.21. The van der Waals surface area contributed by atoms with E-state index in [0.29, 0.717) is 24.7 Å². The van der Waals surface area contributed by atoms with E-state index in [2.05, 4.69) is 9.97 Å². The molecule has 0 unspecified atom stereocenters. The molecule has 1 atom stereocenters. The first-order chi connectivity index (χ1) is 10.1. The number of carbonyl (C=O) groups is 1. The Hall–Kier alpha value is -1.95. The summed E-state index contributed by atoms with van der Waals surface area (Å²) in [6.07, 6.45) is 2.61. The maximum absolute atomic E-state index is 12.3. The Morgan fingerprint density at radius 1 is 1.43 bits per heavy atom. The minimum absolute atomic E-state index is 0.00360. The summed E-state index contributed by atoms with van der Waals surface area (Å²) < 4.78 is 5.83. The van der Waals surface area contributed by atoms with Gasteiger partial charge in [0.05, 0.1) is 11.6 Å². The van der Waals surface area contributed by atoms with Crippen LogP contribution in [0.4, 0.5) is 0 Å². The number of amides is 1. The summed E-state index contributed by atoms with van der Waals surface area (Å²) in [5, 5.41) is 2.72. The van der Waals surface area contributed by atoms with E-state index in [1.54, 1.807) is 11.1 Å². The molecule has 0 bridgehead atoms. The lowest BCUT2D eigenvalue weighted by Gasteiger charge is -2.15. The first kappa shape index (κ1) is 14.0. The highest BCUT2D eigenvalue weighted by atomic mass is 32.1. The lowest BCUT2D eigenvalue weighted by molar-refractivity contribution is 0.0766. The van der Waals surface area contributed by atoms with Crippen LogP contribution in [0.5, 0.6) is 5.88 Å².